The molecule has 5 rings (SSSR count). The average molecular weight is 393 g/mol. The van der Waals surface area contributed by atoms with Gasteiger partial charge in [0.25, 0.3) is 0 Å². The maximum Gasteiger partial charge on any atom is 0.340 e. The molecule has 0 aromatic heterocycles. The average Bonchev–Trinajstić information content (AvgIpc) is 2.94. The Kier molecular flexibility index (Phi) is 3.78. The molecule has 0 amide bonds. The molecule has 2 heterocycles. The molecule has 2 aliphatic heterocycles. The molecule has 0 saturated carbocycles. The summed E-state index contributed by atoms with van der Waals surface area (Å²) in [7, 11) is 0. The number of aromatic carboxylic acids is 1. The minimum atomic E-state index is -1.46. The van der Waals surface area contributed by atoms with Crippen molar-refractivity contribution < 1.29 is 34.4 Å². The molecule has 1 spiro atoms. The number of esters is 1. The van der Waals surface area contributed by atoms with Gasteiger partial charge >= 0.3 is 11.9 Å². The smallest absolute Gasteiger partial charge is 0.340 e. The summed E-state index contributed by atoms with van der Waals surface area (Å²) < 4.78 is 11.7. The lowest BCUT2D eigenvalue weighted by Crippen LogP contribution is -2.33. The van der Waals surface area contributed by atoms with E-state index in [1.54, 1.807) is 12.1 Å². The standard InChI is InChI=1S/C21H12O7.H3N/c22-11-2-5-14-17(8-11)27-18-9-12(23)3-6-15(18)21(14)16-7-10(19(24)25)1-4-13(16)20(26)28-21;/h1-9,22-23H,(H,24,25);1H3. The number of hydrogen-bond acceptors (Lipinski definition) is 7. The molecule has 8 heteroatoms. The van der Waals surface area contributed by atoms with Gasteiger partial charge in [0.15, 0.2) is 5.60 Å². The van der Waals surface area contributed by atoms with Gasteiger partial charge in [-0.15, -0.1) is 0 Å². The van der Waals surface area contributed by atoms with Gasteiger partial charge in [-0.1, -0.05) is 0 Å². The monoisotopic (exact) mass is 393 g/mol. The molecule has 0 unspecified atom stereocenters. The number of aromatic hydroxyl groups is 2. The molecular weight excluding hydrogens is 378 g/mol. The van der Waals surface area contributed by atoms with Gasteiger partial charge < -0.3 is 30.9 Å². The minimum Gasteiger partial charge on any atom is -0.508 e. The lowest BCUT2D eigenvalue weighted by Gasteiger charge is -2.36. The van der Waals surface area contributed by atoms with E-state index in [2.05, 4.69) is 0 Å². The predicted octanol–water partition coefficient (Wildman–Crippen LogP) is 3.53. The van der Waals surface area contributed by atoms with Crippen molar-refractivity contribution in [3.63, 3.8) is 0 Å². The van der Waals surface area contributed by atoms with Crippen LogP contribution in [-0.4, -0.2) is 27.3 Å². The van der Waals surface area contributed by atoms with Crippen LogP contribution in [0, 0.1) is 0 Å². The summed E-state index contributed by atoms with van der Waals surface area (Å²) in [5.41, 5.74) is 0.0340. The van der Waals surface area contributed by atoms with Crippen LogP contribution in [0.3, 0.4) is 0 Å². The summed E-state index contributed by atoms with van der Waals surface area (Å²) in [4.78, 5) is 24.2. The normalized spacial score (nSPS) is 14.7. The molecule has 6 N–H and O–H groups in total. The molecule has 0 atom stereocenters. The topological polar surface area (TPSA) is 148 Å². The van der Waals surface area contributed by atoms with Crippen LogP contribution in [0.2, 0.25) is 0 Å². The first-order chi connectivity index (χ1) is 13.4. The van der Waals surface area contributed by atoms with Crippen LogP contribution in [0.25, 0.3) is 0 Å². The highest BCUT2D eigenvalue weighted by Crippen LogP contribution is 2.57. The number of carboxylic acid groups (broad SMARTS) is 1. The first kappa shape index (κ1) is 18.3. The van der Waals surface area contributed by atoms with Crippen molar-refractivity contribution in [1.82, 2.24) is 6.15 Å². The maximum absolute atomic E-state index is 12.7. The lowest BCUT2D eigenvalue weighted by molar-refractivity contribution is 0.0224. The molecule has 3 aromatic rings. The van der Waals surface area contributed by atoms with E-state index in [0.29, 0.717) is 16.7 Å². The molecule has 0 radical (unpaired) electrons. The van der Waals surface area contributed by atoms with Crippen molar-refractivity contribution in [2.75, 3.05) is 0 Å². The largest absolute Gasteiger partial charge is 0.508 e. The number of ether oxygens (including phenoxy) is 2. The predicted molar refractivity (Wildman–Crippen MR) is 100 cm³/mol. The van der Waals surface area contributed by atoms with Gasteiger partial charge in [0.1, 0.15) is 23.0 Å². The van der Waals surface area contributed by atoms with Crippen LogP contribution in [0.4, 0.5) is 0 Å². The summed E-state index contributed by atoms with van der Waals surface area (Å²) in [6.07, 6.45) is 0. The molecule has 2 aliphatic rings. The van der Waals surface area contributed by atoms with Crippen molar-refractivity contribution in [3.05, 3.63) is 82.4 Å². The fraction of sp³-hybridized carbons (Fsp3) is 0.0476. The Balaban J connectivity index is 0.00000205. The molecule has 8 nitrogen and oxygen atoms in total. The van der Waals surface area contributed by atoms with Gasteiger partial charge in [-0.3, -0.25) is 0 Å². The highest BCUT2D eigenvalue weighted by Gasteiger charge is 2.53. The van der Waals surface area contributed by atoms with Crippen LogP contribution in [0.1, 0.15) is 37.4 Å². The SMILES string of the molecule is N.O=C(O)c1ccc2c(c1)C1(OC2=O)c2ccc(O)cc2Oc2cc(O)ccc21. The highest BCUT2D eigenvalue weighted by molar-refractivity contribution is 5.99. The van der Waals surface area contributed by atoms with E-state index >= 15 is 0 Å². The number of hydrogen-bond donors (Lipinski definition) is 4. The molecule has 0 fully saturated rings. The molecule has 146 valence electrons. The number of benzene rings is 3. The van der Waals surface area contributed by atoms with Gasteiger partial charge in [-0.2, -0.15) is 0 Å². The van der Waals surface area contributed by atoms with Crippen LogP contribution >= 0.6 is 0 Å². The van der Waals surface area contributed by atoms with Gasteiger partial charge in [-0.25, -0.2) is 9.59 Å². The third kappa shape index (κ3) is 2.36. The first-order valence-electron chi connectivity index (χ1n) is 8.36. The summed E-state index contributed by atoms with van der Waals surface area (Å²) in [5, 5.41) is 29.2. The molecule has 0 saturated heterocycles. The van der Waals surface area contributed by atoms with E-state index in [0.717, 1.165) is 0 Å². The number of carbonyl (C=O) groups is 2. The zero-order valence-corrected chi connectivity index (χ0v) is 14.9. The Bertz CT molecular complexity index is 1150. The van der Waals surface area contributed by atoms with E-state index in [1.165, 1.54) is 42.5 Å². The van der Waals surface area contributed by atoms with E-state index in [4.69, 9.17) is 9.47 Å². The number of carboxylic acids is 1. The van der Waals surface area contributed by atoms with Gasteiger partial charge in [-0.05, 0) is 42.5 Å². The molecule has 3 aromatic carbocycles. The van der Waals surface area contributed by atoms with Crippen molar-refractivity contribution in [3.8, 4) is 23.0 Å². The van der Waals surface area contributed by atoms with Crippen molar-refractivity contribution in [2.45, 2.75) is 5.60 Å². The third-order valence-electron chi connectivity index (χ3n) is 5.02. The Morgan fingerprint density at radius 1 is 0.828 bits per heavy atom. The Labute approximate surface area is 164 Å². The fourth-order valence-electron chi connectivity index (χ4n) is 3.83. The number of phenolic OH excluding ortho intramolecular Hbond substituents is 2. The van der Waals surface area contributed by atoms with Crippen LogP contribution in [0.5, 0.6) is 23.0 Å². The molecule has 29 heavy (non-hydrogen) atoms. The maximum atomic E-state index is 12.7. The lowest BCUT2D eigenvalue weighted by atomic mass is 9.77. The second-order valence-electron chi connectivity index (χ2n) is 6.60. The van der Waals surface area contributed by atoms with E-state index < -0.39 is 17.5 Å². The Morgan fingerprint density at radius 2 is 1.41 bits per heavy atom. The van der Waals surface area contributed by atoms with Gasteiger partial charge in [0.2, 0.25) is 0 Å². The zero-order chi connectivity index (χ0) is 19.6. The summed E-state index contributed by atoms with van der Waals surface area (Å²) in [6, 6.07) is 12.9. The number of phenols is 2. The number of fused-ring (bicyclic) bond motifs is 6. The first-order valence-corrected chi connectivity index (χ1v) is 8.36. The highest BCUT2D eigenvalue weighted by atomic mass is 16.6. The number of carbonyl (C=O) groups excluding carboxylic acids is 1. The van der Waals surface area contributed by atoms with E-state index in [1.807, 2.05) is 0 Å². The van der Waals surface area contributed by atoms with Crippen molar-refractivity contribution >= 4 is 11.9 Å². The number of rotatable bonds is 1. The van der Waals surface area contributed by atoms with E-state index in [9.17, 15) is 24.9 Å². The summed E-state index contributed by atoms with van der Waals surface area (Å²) in [5.74, 6) is -1.38. The quantitative estimate of drug-likeness (QED) is 0.459. The van der Waals surface area contributed by atoms with Crippen LogP contribution in [0.15, 0.2) is 54.6 Å². The Hall–Kier alpha value is -4.04. The van der Waals surface area contributed by atoms with E-state index in [-0.39, 0.29) is 40.3 Å². The Morgan fingerprint density at radius 3 is 1.97 bits per heavy atom. The third-order valence-corrected chi connectivity index (χ3v) is 5.02. The second kappa shape index (κ2) is 5.98. The summed E-state index contributed by atoms with van der Waals surface area (Å²) in [6.45, 7) is 0. The summed E-state index contributed by atoms with van der Waals surface area (Å²) >= 11 is 0. The van der Waals surface area contributed by atoms with Crippen LogP contribution in [-0.2, 0) is 10.3 Å². The minimum absolute atomic E-state index is 0. The van der Waals surface area contributed by atoms with Crippen molar-refractivity contribution in [1.29, 1.82) is 0 Å². The fourth-order valence-corrected chi connectivity index (χ4v) is 3.83. The molecule has 0 aliphatic carbocycles. The van der Waals surface area contributed by atoms with Gasteiger partial charge in [0, 0.05) is 28.8 Å². The molecule has 0 bridgehead atoms. The van der Waals surface area contributed by atoms with Crippen LogP contribution < -0.4 is 10.9 Å². The zero-order valence-electron chi connectivity index (χ0n) is 14.9. The molecular formula is C21H15NO7. The van der Waals surface area contributed by atoms with Crippen molar-refractivity contribution in [2.24, 2.45) is 0 Å². The second-order valence-corrected chi connectivity index (χ2v) is 6.60. The van der Waals surface area contributed by atoms with Gasteiger partial charge in [0.05, 0.1) is 11.1 Å².